The largest absolute Gasteiger partial charge is 0.467 e. The predicted octanol–water partition coefficient (Wildman–Crippen LogP) is 2.90. The average molecular weight is 262 g/mol. The maximum atomic E-state index is 11.3. The molecule has 1 aromatic heterocycles. The number of aromatic nitrogens is 1. The molecule has 1 aliphatic carbocycles. The van der Waals surface area contributed by atoms with E-state index in [1.54, 1.807) is 0 Å². The standard InChI is InChI=1S/C10H12ClNO3S/c1-14-9(13)7-8(11)12-10(16-7)15-6-4-2-3-5-6/h6H,2-5H2,1H3. The Balaban J connectivity index is 2.07. The van der Waals surface area contributed by atoms with Crippen molar-refractivity contribution in [2.24, 2.45) is 0 Å². The number of rotatable bonds is 3. The van der Waals surface area contributed by atoms with E-state index in [1.165, 1.54) is 20.0 Å². The van der Waals surface area contributed by atoms with Crippen molar-refractivity contribution in [3.63, 3.8) is 0 Å². The average Bonchev–Trinajstić information content (AvgIpc) is 2.88. The summed E-state index contributed by atoms with van der Waals surface area (Å²) in [5, 5.41) is 0.613. The fraction of sp³-hybridized carbons (Fsp3) is 0.600. The second kappa shape index (κ2) is 5.01. The zero-order valence-corrected chi connectivity index (χ0v) is 10.4. The highest BCUT2D eigenvalue weighted by Gasteiger charge is 2.22. The molecule has 88 valence electrons. The molecule has 0 spiro atoms. The van der Waals surface area contributed by atoms with Crippen LogP contribution in [0.3, 0.4) is 0 Å². The minimum Gasteiger partial charge on any atom is -0.467 e. The van der Waals surface area contributed by atoms with Crippen molar-refractivity contribution in [3.05, 3.63) is 10.0 Å². The highest BCUT2D eigenvalue weighted by atomic mass is 35.5. The van der Waals surface area contributed by atoms with Gasteiger partial charge in [0.05, 0.1) is 7.11 Å². The molecular weight excluding hydrogens is 250 g/mol. The number of ether oxygens (including phenoxy) is 2. The predicted molar refractivity (Wildman–Crippen MR) is 61.3 cm³/mol. The molecule has 1 heterocycles. The number of halogens is 1. The normalized spacial score (nSPS) is 16.4. The molecular formula is C10H12ClNO3S. The molecule has 1 saturated carbocycles. The van der Waals surface area contributed by atoms with E-state index >= 15 is 0 Å². The van der Waals surface area contributed by atoms with Crippen molar-refractivity contribution in [1.29, 1.82) is 0 Å². The zero-order chi connectivity index (χ0) is 11.5. The monoisotopic (exact) mass is 261 g/mol. The van der Waals surface area contributed by atoms with Crippen LogP contribution in [-0.4, -0.2) is 24.2 Å². The maximum absolute atomic E-state index is 11.3. The summed E-state index contributed by atoms with van der Waals surface area (Å²) in [5.41, 5.74) is 0. The molecule has 0 unspecified atom stereocenters. The van der Waals surface area contributed by atoms with Gasteiger partial charge in [0.1, 0.15) is 6.10 Å². The SMILES string of the molecule is COC(=O)c1sc(OC2CCCC2)nc1Cl. The molecule has 0 bridgehead atoms. The molecule has 4 nitrogen and oxygen atoms in total. The van der Waals surface area contributed by atoms with E-state index in [4.69, 9.17) is 16.3 Å². The molecule has 1 fully saturated rings. The summed E-state index contributed by atoms with van der Waals surface area (Å²) < 4.78 is 10.2. The number of carbonyl (C=O) groups excluding carboxylic acids is 1. The number of hydrogen-bond donors (Lipinski definition) is 0. The molecule has 0 amide bonds. The molecule has 0 saturated heterocycles. The minimum absolute atomic E-state index is 0.157. The third-order valence-electron chi connectivity index (χ3n) is 2.51. The quantitative estimate of drug-likeness (QED) is 0.785. The van der Waals surface area contributed by atoms with Gasteiger partial charge in [0.2, 0.25) is 0 Å². The summed E-state index contributed by atoms with van der Waals surface area (Å²) in [4.78, 5) is 15.6. The third-order valence-corrected chi connectivity index (χ3v) is 3.82. The van der Waals surface area contributed by atoms with Gasteiger partial charge in [0.25, 0.3) is 5.19 Å². The fourth-order valence-electron chi connectivity index (χ4n) is 1.70. The molecule has 0 aliphatic heterocycles. The smallest absolute Gasteiger partial charge is 0.351 e. The molecule has 0 N–H and O–H groups in total. The van der Waals surface area contributed by atoms with Crippen LogP contribution in [0.25, 0.3) is 0 Å². The summed E-state index contributed by atoms with van der Waals surface area (Å²) in [7, 11) is 1.32. The van der Waals surface area contributed by atoms with Crippen LogP contribution in [0, 0.1) is 0 Å². The van der Waals surface area contributed by atoms with E-state index in [9.17, 15) is 4.79 Å². The first-order valence-corrected chi connectivity index (χ1v) is 6.31. The van der Waals surface area contributed by atoms with Crippen molar-refractivity contribution >= 4 is 28.9 Å². The zero-order valence-electron chi connectivity index (χ0n) is 8.86. The van der Waals surface area contributed by atoms with Gasteiger partial charge in [-0.15, -0.1) is 0 Å². The van der Waals surface area contributed by atoms with Crippen LogP contribution in [0.2, 0.25) is 5.15 Å². The van der Waals surface area contributed by atoms with E-state index in [2.05, 4.69) is 9.72 Å². The Morgan fingerprint density at radius 1 is 1.50 bits per heavy atom. The lowest BCUT2D eigenvalue weighted by molar-refractivity contribution is 0.0606. The van der Waals surface area contributed by atoms with Crippen LogP contribution in [0.4, 0.5) is 0 Å². The van der Waals surface area contributed by atoms with Crippen molar-refractivity contribution in [2.75, 3.05) is 7.11 Å². The van der Waals surface area contributed by atoms with Crippen LogP contribution in [0.15, 0.2) is 0 Å². The number of hydrogen-bond acceptors (Lipinski definition) is 5. The fourth-order valence-corrected chi connectivity index (χ4v) is 2.81. The Morgan fingerprint density at radius 3 is 2.81 bits per heavy atom. The topological polar surface area (TPSA) is 48.4 Å². The Labute approximate surface area is 103 Å². The first-order chi connectivity index (χ1) is 7.70. The molecule has 6 heteroatoms. The number of esters is 1. The Bertz CT molecular complexity index is 387. The van der Waals surface area contributed by atoms with Gasteiger partial charge >= 0.3 is 5.97 Å². The van der Waals surface area contributed by atoms with E-state index in [0.29, 0.717) is 10.1 Å². The van der Waals surface area contributed by atoms with Crippen LogP contribution < -0.4 is 4.74 Å². The highest BCUT2D eigenvalue weighted by Crippen LogP contribution is 2.32. The van der Waals surface area contributed by atoms with E-state index in [-0.39, 0.29) is 11.3 Å². The molecule has 2 rings (SSSR count). The Hall–Kier alpha value is -0.810. The summed E-state index contributed by atoms with van der Waals surface area (Å²) in [6, 6.07) is 0. The summed E-state index contributed by atoms with van der Waals surface area (Å²) in [6.07, 6.45) is 4.68. The van der Waals surface area contributed by atoms with E-state index < -0.39 is 5.97 Å². The van der Waals surface area contributed by atoms with Gasteiger partial charge in [-0.3, -0.25) is 0 Å². The first kappa shape index (κ1) is 11.7. The second-order valence-electron chi connectivity index (χ2n) is 3.62. The van der Waals surface area contributed by atoms with Gasteiger partial charge in [0, 0.05) is 0 Å². The van der Waals surface area contributed by atoms with E-state index in [1.807, 2.05) is 0 Å². The lowest BCUT2D eigenvalue weighted by Crippen LogP contribution is -2.10. The van der Waals surface area contributed by atoms with Gasteiger partial charge in [-0.2, -0.15) is 4.98 Å². The number of thiazole rings is 1. The van der Waals surface area contributed by atoms with Crippen LogP contribution >= 0.6 is 22.9 Å². The second-order valence-corrected chi connectivity index (χ2v) is 4.94. The molecule has 1 aliphatic rings. The van der Waals surface area contributed by atoms with Crippen molar-refractivity contribution in [2.45, 2.75) is 31.8 Å². The Morgan fingerprint density at radius 2 is 2.19 bits per heavy atom. The third kappa shape index (κ3) is 2.47. The van der Waals surface area contributed by atoms with Gasteiger partial charge in [-0.05, 0) is 25.7 Å². The van der Waals surface area contributed by atoms with Crippen LogP contribution in [-0.2, 0) is 4.74 Å². The summed E-state index contributed by atoms with van der Waals surface area (Å²) in [5.74, 6) is -0.469. The van der Waals surface area contributed by atoms with Gasteiger partial charge in [-0.25, -0.2) is 4.79 Å². The molecule has 0 atom stereocenters. The van der Waals surface area contributed by atoms with Gasteiger partial charge < -0.3 is 9.47 Å². The number of methoxy groups -OCH3 is 1. The molecule has 0 radical (unpaired) electrons. The first-order valence-electron chi connectivity index (χ1n) is 5.12. The molecule has 16 heavy (non-hydrogen) atoms. The number of carbonyl (C=O) groups is 1. The lowest BCUT2D eigenvalue weighted by Gasteiger charge is -2.08. The number of nitrogens with zero attached hydrogens (tertiary/aromatic N) is 1. The Kier molecular flexibility index (Phi) is 3.66. The minimum atomic E-state index is -0.469. The lowest BCUT2D eigenvalue weighted by atomic mass is 10.3. The summed E-state index contributed by atoms with van der Waals surface area (Å²) >= 11 is 6.96. The van der Waals surface area contributed by atoms with Gasteiger partial charge in [0.15, 0.2) is 10.0 Å². The van der Waals surface area contributed by atoms with Crippen molar-refractivity contribution < 1.29 is 14.3 Å². The summed E-state index contributed by atoms with van der Waals surface area (Å²) in [6.45, 7) is 0. The van der Waals surface area contributed by atoms with Crippen molar-refractivity contribution in [3.8, 4) is 5.19 Å². The van der Waals surface area contributed by atoms with Crippen molar-refractivity contribution in [1.82, 2.24) is 4.98 Å². The molecule has 0 aromatic carbocycles. The van der Waals surface area contributed by atoms with Crippen LogP contribution in [0.5, 0.6) is 5.19 Å². The van der Waals surface area contributed by atoms with Gasteiger partial charge in [-0.1, -0.05) is 22.9 Å². The molecule has 1 aromatic rings. The van der Waals surface area contributed by atoms with Crippen LogP contribution in [0.1, 0.15) is 35.4 Å². The highest BCUT2D eigenvalue weighted by molar-refractivity contribution is 7.15. The van der Waals surface area contributed by atoms with E-state index in [0.717, 1.165) is 24.2 Å². The maximum Gasteiger partial charge on any atom is 0.351 e.